The highest BCUT2D eigenvalue weighted by molar-refractivity contribution is 8.15. The molecular formula is C8H9NO6S. The molecule has 0 spiro atoms. The predicted molar refractivity (Wildman–Crippen MR) is 53.0 cm³/mol. The van der Waals surface area contributed by atoms with Gasteiger partial charge in [-0.1, -0.05) is 11.8 Å². The number of hydrogen-bond donors (Lipinski definition) is 2. The van der Waals surface area contributed by atoms with Crippen molar-refractivity contribution in [3.63, 3.8) is 0 Å². The number of hydrogen-bond acceptors (Lipinski definition) is 5. The topological polar surface area (TPSA) is 112 Å². The summed E-state index contributed by atoms with van der Waals surface area (Å²) in [6.45, 7) is -0.212. The highest BCUT2D eigenvalue weighted by Gasteiger charge is 2.40. The molecule has 88 valence electrons. The van der Waals surface area contributed by atoms with Gasteiger partial charge in [-0.3, -0.25) is 24.1 Å². The number of carbonyl (C=O) groups excluding carboxylic acids is 2. The Bertz CT molecular complexity index is 354. The van der Waals surface area contributed by atoms with E-state index in [9.17, 15) is 19.2 Å². The molecule has 0 radical (unpaired) electrons. The van der Waals surface area contributed by atoms with Gasteiger partial charge in [-0.05, 0) is 0 Å². The van der Waals surface area contributed by atoms with Crippen LogP contribution in [0.2, 0.25) is 0 Å². The molecule has 0 bridgehead atoms. The number of nitrogens with zero attached hydrogens (tertiary/aromatic N) is 1. The molecule has 1 saturated heterocycles. The molecular weight excluding hydrogens is 238 g/mol. The standard InChI is InChI=1S/C8H9NO6S/c10-5(11)1-2-9-7(14)4(3-6(12)13)16-8(9)15/h4H,1-3H2,(H,10,11)(H,12,13)/t4-/m0/s1. The van der Waals surface area contributed by atoms with E-state index in [1.54, 1.807) is 0 Å². The summed E-state index contributed by atoms with van der Waals surface area (Å²) in [7, 11) is 0. The molecule has 0 saturated carbocycles. The molecule has 8 heteroatoms. The first-order valence-corrected chi connectivity index (χ1v) is 5.25. The molecule has 2 amide bonds. The molecule has 2 N–H and O–H groups in total. The average molecular weight is 247 g/mol. The van der Waals surface area contributed by atoms with Crippen LogP contribution in [0.3, 0.4) is 0 Å². The molecule has 1 rings (SSSR count). The summed E-state index contributed by atoms with van der Waals surface area (Å²) in [6, 6.07) is 0. The summed E-state index contributed by atoms with van der Waals surface area (Å²) < 4.78 is 0. The van der Waals surface area contributed by atoms with Crippen molar-refractivity contribution in [3.8, 4) is 0 Å². The monoisotopic (exact) mass is 247 g/mol. The van der Waals surface area contributed by atoms with E-state index in [1.807, 2.05) is 0 Å². The second kappa shape index (κ2) is 4.97. The molecule has 0 unspecified atom stereocenters. The van der Waals surface area contributed by atoms with E-state index < -0.39 is 34.8 Å². The zero-order valence-electron chi connectivity index (χ0n) is 8.08. The molecule has 7 nitrogen and oxygen atoms in total. The van der Waals surface area contributed by atoms with Gasteiger partial charge >= 0.3 is 11.9 Å². The van der Waals surface area contributed by atoms with E-state index in [2.05, 4.69) is 0 Å². The van der Waals surface area contributed by atoms with Crippen LogP contribution >= 0.6 is 11.8 Å². The van der Waals surface area contributed by atoms with E-state index in [1.165, 1.54) is 0 Å². The third kappa shape index (κ3) is 2.96. The first kappa shape index (κ1) is 12.5. The van der Waals surface area contributed by atoms with Gasteiger partial charge in [0.05, 0.1) is 12.8 Å². The lowest BCUT2D eigenvalue weighted by Crippen LogP contribution is -2.34. The minimum atomic E-state index is -1.17. The maximum absolute atomic E-state index is 11.5. The lowest BCUT2D eigenvalue weighted by molar-refractivity contribution is -0.140. The van der Waals surface area contributed by atoms with Gasteiger partial charge in [0.25, 0.3) is 5.24 Å². The number of aliphatic carboxylic acids is 2. The molecule has 0 aliphatic carbocycles. The second-order valence-corrected chi connectivity index (χ2v) is 4.26. The van der Waals surface area contributed by atoms with Crippen LogP contribution in [0.1, 0.15) is 12.8 Å². The molecule has 1 aliphatic heterocycles. The van der Waals surface area contributed by atoms with Crippen LogP contribution in [0.15, 0.2) is 0 Å². The zero-order valence-corrected chi connectivity index (χ0v) is 8.90. The highest BCUT2D eigenvalue weighted by atomic mass is 32.2. The quantitative estimate of drug-likeness (QED) is 0.703. The van der Waals surface area contributed by atoms with E-state index in [4.69, 9.17) is 10.2 Å². The first-order valence-electron chi connectivity index (χ1n) is 4.37. The Labute approximate surface area is 94.4 Å². The summed E-state index contributed by atoms with van der Waals surface area (Å²) in [5.41, 5.74) is 0. The molecule has 1 aliphatic rings. The number of amides is 2. The molecule has 16 heavy (non-hydrogen) atoms. The fourth-order valence-corrected chi connectivity index (χ4v) is 2.20. The average Bonchev–Trinajstić information content (AvgIpc) is 2.39. The van der Waals surface area contributed by atoms with Crippen LogP contribution in [-0.2, 0) is 14.4 Å². The smallest absolute Gasteiger partial charge is 0.305 e. The highest BCUT2D eigenvalue weighted by Crippen LogP contribution is 2.29. The third-order valence-corrected chi connectivity index (χ3v) is 2.99. The summed E-state index contributed by atoms with van der Waals surface area (Å²) in [5, 5.41) is 15.4. The number of imide groups is 1. The van der Waals surface area contributed by atoms with Gasteiger partial charge in [-0.15, -0.1) is 0 Å². The molecule has 1 atom stereocenters. The SMILES string of the molecule is O=C(O)CCN1C(=O)S[C@@H](CC(=O)O)C1=O. The van der Waals surface area contributed by atoms with Gasteiger partial charge in [0, 0.05) is 6.54 Å². The number of carboxylic acids is 2. The van der Waals surface area contributed by atoms with Crippen LogP contribution in [-0.4, -0.2) is 50.0 Å². The zero-order chi connectivity index (χ0) is 12.3. The van der Waals surface area contributed by atoms with Crippen LogP contribution in [0.5, 0.6) is 0 Å². The van der Waals surface area contributed by atoms with Crippen LogP contribution in [0, 0.1) is 0 Å². The van der Waals surface area contributed by atoms with Gasteiger partial charge < -0.3 is 10.2 Å². The van der Waals surface area contributed by atoms with Gasteiger partial charge in [0.2, 0.25) is 5.91 Å². The Morgan fingerprint density at radius 1 is 1.25 bits per heavy atom. The summed E-state index contributed by atoms with van der Waals surface area (Å²) in [6.07, 6.45) is -0.767. The largest absolute Gasteiger partial charge is 0.481 e. The maximum atomic E-state index is 11.5. The van der Waals surface area contributed by atoms with Crippen molar-refractivity contribution in [1.82, 2.24) is 4.90 Å². The third-order valence-electron chi connectivity index (χ3n) is 1.91. The fraction of sp³-hybridized carbons (Fsp3) is 0.500. The predicted octanol–water partition coefficient (Wildman–Crippen LogP) is -0.000200. The molecule has 0 aromatic carbocycles. The number of thioether (sulfide) groups is 1. The minimum Gasteiger partial charge on any atom is -0.481 e. The lowest BCUT2D eigenvalue weighted by atomic mass is 10.2. The van der Waals surface area contributed by atoms with Crippen molar-refractivity contribution in [2.75, 3.05) is 6.54 Å². The molecule has 0 aromatic rings. The molecule has 1 fully saturated rings. The Morgan fingerprint density at radius 3 is 2.38 bits per heavy atom. The normalized spacial score (nSPS) is 20.2. The summed E-state index contributed by atoms with van der Waals surface area (Å²) in [4.78, 5) is 44.2. The lowest BCUT2D eigenvalue weighted by Gasteiger charge is -2.11. The van der Waals surface area contributed by atoms with Crippen LogP contribution in [0.4, 0.5) is 4.79 Å². The number of carbonyl (C=O) groups is 4. The van der Waals surface area contributed by atoms with Crippen molar-refractivity contribution in [2.45, 2.75) is 18.1 Å². The van der Waals surface area contributed by atoms with Crippen molar-refractivity contribution in [3.05, 3.63) is 0 Å². The molecule has 0 aromatic heterocycles. The van der Waals surface area contributed by atoms with E-state index >= 15 is 0 Å². The second-order valence-electron chi connectivity index (χ2n) is 3.10. The summed E-state index contributed by atoms with van der Waals surface area (Å²) >= 11 is 0.625. The Kier molecular flexibility index (Phi) is 3.88. The van der Waals surface area contributed by atoms with Crippen LogP contribution in [0.25, 0.3) is 0 Å². The number of carboxylic acid groups (broad SMARTS) is 2. The van der Waals surface area contributed by atoms with Crippen molar-refractivity contribution < 1.29 is 29.4 Å². The fourth-order valence-electron chi connectivity index (χ4n) is 1.20. The Morgan fingerprint density at radius 2 is 1.88 bits per heavy atom. The Balaban J connectivity index is 2.60. The summed E-state index contributed by atoms with van der Waals surface area (Å²) in [5.74, 6) is -2.91. The minimum absolute atomic E-state index is 0.212. The van der Waals surface area contributed by atoms with Gasteiger partial charge in [-0.2, -0.15) is 0 Å². The first-order chi connectivity index (χ1) is 7.41. The van der Waals surface area contributed by atoms with Crippen molar-refractivity contribution >= 4 is 34.8 Å². The van der Waals surface area contributed by atoms with E-state index in [0.717, 1.165) is 4.90 Å². The van der Waals surface area contributed by atoms with Crippen molar-refractivity contribution in [2.24, 2.45) is 0 Å². The van der Waals surface area contributed by atoms with Crippen LogP contribution < -0.4 is 0 Å². The van der Waals surface area contributed by atoms with E-state index in [-0.39, 0.29) is 13.0 Å². The van der Waals surface area contributed by atoms with Gasteiger partial charge in [-0.25, -0.2) is 0 Å². The number of rotatable bonds is 5. The van der Waals surface area contributed by atoms with E-state index in [0.29, 0.717) is 11.8 Å². The van der Waals surface area contributed by atoms with Gasteiger partial charge in [0.15, 0.2) is 0 Å². The van der Waals surface area contributed by atoms with Gasteiger partial charge in [0.1, 0.15) is 5.25 Å². The molecule has 1 heterocycles. The maximum Gasteiger partial charge on any atom is 0.305 e. The Hall–Kier alpha value is -1.57. The van der Waals surface area contributed by atoms with Crippen molar-refractivity contribution in [1.29, 1.82) is 0 Å².